The number of carbonyl (C=O) groups is 1. The van der Waals surface area contributed by atoms with Gasteiger partial charge in [-0.1, -0.05) is 18.7 Å². The second-order valence-corrected chi connectivity index (χ2v) is 7.07. The number of allylic oxidation sites excluding steroid dienone is 2. The molecule has 5 heteroatoms. The molecule has 1 saturated heterocycles. The molecule has 1 aromatic carbocycles. The lowest BCUT2D eigenvalue weighted by atomic mass is 10.1. The van der Waals surface area contributed by atoms with Crippen LogP contribution in [0.4, 0.5) is 0 Å². The van der Waals surface area contributed by atoms with Crippen molar-refractivity contribution in [3.63, 3.8) is 0 Å². The zero-order valence-corrected chi connectivity index (χ0v) is 16.2. The number of piperazine rings is 1. The van der Waals surface area contributed by atoms with Gasteiger partial charge in [0.15, 0.2) is 0 Å². The summed E-state index contributed by atoms with van der Waals surface area (Å²) < 4.78 is 5.15. The van der Waals surface area contributed by atoms with Gasteiger partial charge >= 0.3 is 0 Å². The Kier molecular flexibility index (Phi) is 5.81. The van der Waals surface area contributed by atoms with Crippen molar-refractivity contribution in [3.8, 4) is 5.75 Å². The summed E-state index contributed by atoms with van der Waals surface area (Å²) in [5, 5.41) is 3.53. The molecule has 2 aliphatic rings. The number of hydrogen-bond donors (Lipinski definition) is 1. The lowest BCUT2D eigenvalue weighted by Gasteiger charge is -2.39. The van der Waals surface area contributed by atoms with E-state index in [9.17, 15) is 4.79 Å². The summed E-state index contributed by atoms with van der Waals surface area (Å²) in [5.74, 6) is 0.675. The third-order valence-electron chi connectivity index (χ3n) is 4.71. The predicted molar refractivity (Wildman–Crippen MR) is 109 cm³/mol. The molecular weight excluding hydrogens is 338 g/mol. The minimum Gasteiger partial charge on any atom is -0.497 e. The van der Waals surface area contributed by atoms with Gasteiger partial charge in [-0.3, -0.25) is 9.69 Å². The van der Waals surface area contributed by atoms with E-state index in [-0.39, 0.29) is 5.91 Å². The van der Waals surface area contributed by atoms with Crippen molar-refractivity contribution in [2.45, 2.75) is 25.9 Å². The Morgan fingerprint density at radius 2 is 1.85 bits per heavy atom. The number of nitrogens with zero attached hydrogens (tertiary/aromatic N) is 2. The minimum atomic E-state index is -0.117. The second-order valence-electron chi connectivity index (χ2n) is 7.07. The van der Waals surface area contributed by atoms with Gasteiger partial charge in [0.2, 0.25) is 0 Å². The Balaban J connectivity index is 1.72. The maximum atomic E-state index is 12.7. The van der Waals surface area contributed by atoms with E-state index in [1.165, 1.54) is 0 Å². The average Bonchev–Trinajstić information content (AvgIpc) is 2.66. The van der Waals surface area contributed by atoms with Crippen LogP contribution in [-0.2, 0) is 4.79 Å². The summed E-state index contributed by atoms with van der Waals surface area (Å²) >= 11 is 0. The van der Waals surface area contributed by atoms with Crippen LogP contribution in [0, 0.1) is 0 Å². The summed E-state index contributed by atoms with van der Waals surface area (Å²) in [6.07, 6.45) is 9.18. The van der Waals surface area contributed by atoms with Gasteiger partial charge in [-0.05, 0) is 49.8 Å². The fraction of sp³-hybridized carbons (Fsp3) is 0.318. The molecule has 27 heavy (non-hydrogen) atoms. The van der Waals surface area contributed by atoms with Gasteiger partial charge in [-0.25, -0.2) is 0 Å². The van der Waals surface area contributed by atoms with Crippen LogP contribution in [0.2, 0.25) is 0 Å². The molecule has 0 saturated carbocycles. The molecule has 0 bridgehead atoms. The van der Waals surface area contributed by atoms with Crippen LogP contribution in [0.25, 0.3) is 6.08 Å². The van der Waals surface area contributed by atoms with E-state index in [2.05, 4.69) is 30.6 Å². The van der Waals surface area contributed by atoms with Crippen LogP contribution in [0.5, 0.6) is 5.75 Å². The number of ether oxygens (including phenoxy) is 1. The number of amides is 1. The van der Waals surface area contributed by atoms with Crippen LogP contribution in [0.1, 0.15) is 19.4 Å². The fourth-order valence-corrected chi connectivity index (χ4v) is 3.41. The number of benzene rings is 1. The molecule has 0 aromatic heterocycles. The Morgan fingerprint density at radius 1 is 1.19 bits per heavy atom. The molecule has 5 nitrogen and oxygen atoms in total. The smallest absolute Gasteiger partial charge is 0.255 e. The normalized spacial score (nSPS) is 22.9. The highest BCUT2D eigenvalue weighted by atomic mass is 16.5. The van der Waals surface area contributed by atoms with E-state index >= 15 is 0 Å². The molecule has 2 atom stereocenters. The summed E-state index contributed by atoms with van der Waals surface area (Å²) in [5.41, 5.74) is 2.64. The SMILES string of the molecule is C=C1C=CC(N2C[C@@H](C)N[C@@H](C)C2)=CN1C(=O)/C=C/c1ccc(OC)cc1. The molecule has 2 aliphatic heterocycles. The first-order valence-electron chi connectivity index (χ1n) is 9.21. The zero-order chi connectivity index (χ0) is 19.4. The number of hydrogen-bond acceptors (Lipinski definition) is 4. The minimum absolute atomic E-state index is 0.117. The molecule has 0 unspecified atom stereocenters. The number of nitrogens with one attached hydrogen (secondary N) is 1. The van der Waals surface area contributed by atoms with Gasteiger partial charge in [0, 0.05) is 43.1 Å². The van der Waals surface area contributed by atoms with Crippen molar-refractivity contribution < 1.29 is 9.53 Å². The highest BCUT2D eigenvalue weighted by Gasteiger charge is 2.24. The van der Waals surface area contributed by atoms with E-state index < -0.39 is 0 Å². The molecule has 1 amide bonds. The van der Waals surface area contributed by atoms with Crippen molar-refractivity contribution in [3.05, 3.63) is 72.2 Å². The van der Waals surface area contributed by atoms with Crippen LogP contribution in [0.3, 0.4) is 0 Å². The number of rotatable bonds is 4. The lowest BCUT2D eigenvalue weighted by Crippen LogP contribution is -2.53. The van der Waals surface area contributed by atoms with Crippen molar-refractivity contribution >= 4 is 12.0 Å². The molecule has 0 radical (unpaired) electrons. The van der Waals surface area contributed by atoms with E-state index in [1.54, 1.807) is 24.2 Å². The highest BCUT2D eigenvalue weighted by molar-refractivity contribution is 5.94. The van der Waals surface area contributed by atoms with Crippen molar-refractivity contribution in [2.75, 3.05) is 20.2 Å². The molecule has 0 aliphatic carbocycles. The average molecular weight is 365 g/mol. The predicted octanol–water partition coefficient (Wildman–Crippen LogP) is 3.14. The standard InChI is InChI=1S/C22H27N3O2/c1-16-13-24(14-17(2)23-16)20-9-5-18(3)25(15-20)22(26)12-8-19-6-10-21(27-4)11-7-19/h5-12,15-17,23H,3,13-14H2,1-2,4H3/b12-8+/t16-,17+. The molecule has 2 heterocycles. The summed E-state index contributed by atoms with van der Waals surface area (Å²) in [4.78, 5) is 16.6. The monoisotopic (exact) mass is 365 g/mol. The Morgan fingerprint density at radius 3 is 2.48 bits per heavy atom. The molecule has 142 valence electrons. The van der Waals surface area contributed by atoms with Crippen LogP contribution < -0.4 is 10.1 Å². The molecule has 1 fully saturated rings. The third kappa shape index (κ3) is 4.68. The van der Waals surface area contributed by atoms with Gasteiger partial charge in [-0.2, -0.15) is 0 Å². The highest BCUT2D eigenvalue weighted by Crippen LogP contribution is 2.21. The fourth-order valence-electron chi connectivity index (χ4n) is 3.41. The lowest BCUT2D eigenvalue weighted by molar-refractivity contribution is -0.122. The maximum absolute atomic E-state index is 12.7. The molecule has 1 aromatic rings. The number of methoxy groups -OCH3 is 1. The van der Waals surface area contributed by atoms with Crippen LogP contribution >= 0.6 is 0 Å². The molecular formula is C22H27N3O2. The number of carbonyl (C=O) groups excluding carboxylic acids is 1. The summed E-state index contributed by atoms with van der Waals surface area (Å²) in [6.45, 7) is 10.2. The molecule has 3 rings (SSSR count). The van der Waals surface area contributed by atoms with E-state index in [1.807, 2.05) is 42.6 Å². The van der Waals surface area contributed by atoms with E-state index in [0.29, 0.717) is 17.8 Å². The van der Waals surface area contributed by atoms with E-state index in [0.717, 1.165) is 30.1 Å². The second kappa shape index (κ2) is 8.27. The van der Waals surface area contributed by atoms with E-state index in [4.69, 9.17) is 4.74 Å². The molecule has 0 spiro atoms. The first kappa shape index (κ1) is 19.0. The quantitative estimate of drug-likeness (QED) is 0.833. The van der Waals surface area contributed by atoms with Gasteiger partial charge in [-0.15, -0.1) is 0 Å². The molecule has 1 N–H and O–H groups in total. The van der Waals surface area contributed by atoms with Crippen molar-refractivity contribution in [1.29, 1.82) is 0 Å². The first-order chi connectivity index (χ1) is 13.0. The van der Waals surface area contributed by atoms with Gasteiger partial charge in [0.05, 0.1) is 12.8 Å². The van der Waals surface area contributed by atoms with Gasteiger partial charge in [0.25, 0.3) is 5.91 Å². The van der Waals surface area contributed by atoms with Crippen molar-refractivity contribution in [1.82, 2.24) is 15.1 Å². The van der Waals surface area contributed by atoms with Crippen LogP contribution in [0.15, 0.2) is 66.7 Å². The Bertz CT molecular complexity index is 782. The van der Waals surface area contributed by atoms with Crippen LogP contribution in [-0.4, -0.2) is 48.0 Å². The topological polar surface area (TPSA) is 44.8 Å². The summed E-state index contributed by atoms with van der Waals surface area (Å²) in [7, 11) is 1.63. The Labute approximate surface area is 161 Å². The van der Waals surface area contributed by atoms with Gasteiger partial charge in [0.1, 0.15) is 5.75 Å². The maximum Gasteiger partial charge on any atom is 0.255 e. The first-order valence-corrected chi connectivity index (χ1v) is 9.21. The van der Waals surface area contributed by atoms with Gasteiger partial charge < -0.3 is 15.0 Å². The summed E-state index contributed by atoms with van der Waals surface area (Å²) in [6, 6.07) is 8.39. The third-order valence-corrected chi connectivity index (χ3v) is 4.71. The zero-order valence-electron chi connectivity index (χ0n) is 16.2. The van der Waals surface area contributed by atoms with Crippen molar-refractivity contribution in [2.24, 2.45) is 0 Å². The largest absolute Gasteiger partial charge is 0.497 e. The Hall–Kier alpha value is -2.79.